The Morgan fingerprint density at radius 2 is 1.96 bits per heavy atom. The molecule has 0 bridgehead atoms. The molecule has 0 aliphatic heterocycles. The second kappa shape index (κ2) is 7.43. The normalized spacial score (nSPS) is 10.7. The van der Waals surface area contributed by atoms with Gasteiger partial charge in [-0.25, -0.2) is 4.98 Å². The average Bonchev–Trinajstić information content (AvgIpc) is 3.22. The van der Waals surface area contributed by atoms with Crippen LogP contribution >= 0.6 is 11.3 Å². The lowest BCUT2D eigenvalue weighted by molar-refractivity contribution is 0.103. The molecule has 134 valence electrons. The molecule has 3 aromatic heterocycles. The van der Waals surface area contributed by atoms with Crippen molar-refractivity contribution in [2.45, 2.75) is 6.61 Å². The third-order valence-electron chi connectivity index (χ3n) is 3.88. The van der Waals surface area contributed by atoms with Crippen LogP contribution in [-0.2, 0) is 6.61 Å². The minimum atomic E-state index is -0.192. The number of hydrogen-bond donors (Lipinski definition) is 1. The number of amides is 1. The van der Waals surface area contributed by atoms with Gasteiger partial charge in [0, 0.05) is 12.3 Å². The van der Waals surface area contributed by atoms with E-state index in [0.717, 1.165) is 0 Å². The van der Waals surface area contributed by atoms with Crippen molar-refractivity contribution in [3.63, 3.8) is 0 Å². The van der Waals surface area contributed by atoms with Crippen LogP contribution in [0.1, 0.15) is 15.4 Å². The van der Waals surface area contributed by atoms with Crippen molar-refractivity contribution in [3.05, 3.63) is 93.2 Å². The Bertz CT molecular complexity index is 1150. The quantitative estimate of drug-likeness (QED) is 0.577. The largest absolute Gasteiger partial charge is 0.485 e. The minimum absolute atomic E-state index is 0.118. The molecule has 7 heteroatoms. The molecule has 0 spiro atoms. The van der Waals surface area contributed by atoms with E-state index in [1.54, 1.807) is 36.5 Å². The summed E-state index contributed by atoms with van der Waals surface area (Å²) in [4.78, 5) is 29.5. The van der Waals surface area contributed by atoms with E-state index in [1.807, 2.05) is 29.6 Å². The predicted molar refractivity (Wildman–Crippen MR) is 105 cm³/mol. The van der Waals surface area contributed by atoms with E-state index < -0.39 is 0 Å². The van der Waals surface area contributed by atoms with Gasteiger partial charge in [-0.05, 0) is 35.7 Å². The van der Waals surface area contributed by atoms with E-state index in [0.29, 0.717) is 27.7 Å². The highest BCUT2D eigenvalue weighted by atomic mass is 32.1. The zero-order chi connectivity index (χ0) is 18.6. The summed E-state index contributed by atoms with van der Waals surface area (Å²) < 4.78 is 7.29. The molecular weight excluding hydrogens is 362 g/mol. The van der Waals surface area contributed by atoms with Gasteiger partial charge in [0.05, 0.1) is 16.3 Å². The fourth-order valence-electron chi connectivity index (χ4n) is 2.62. The van der Waals surface area contributed by atoms with Gasteiger partial charge in [0.1, 0.15) is 18.0 Å². The summed E-state index contributed by atoms with van der Waals surface area (Å²) in [7, 11) is 0. The molecule has 4 rings (SSSR count). The minimum Gasteiger partial charge on any atom is -0.485 e. The standard InChI is InChI=1S/C20H15N3O3S/c24-19-12-14(21-18-9-3-4-10-23(18)19)13-26-16-7-2-1-6-15(16)22-20(25)17-8-5-11-27-17/h1-12H,13H2,(H,22,25). The number of thiophene rings is 1. The Hall–Kier alpha value is -3.45. The lowest BCUT2D eigenvalue weighted by Crippen LogP contribution is -2.16. The van der Waals surface area contributed by atoms with Crippen LogP contribution < -0.4 is 15.6 Å². The Labute approximate surface area is 158 Å². The summed E-state index contributed by atoms with van der Waals surface area (Å²) in [5.41, 5.74) is 1.47. The number of fused-ring (bicyclic) bond motifs is 1. The summed E-state index contributed by atoms with van der Waals surface area (Å²) in [6.45, 7) is 0.118. The van der Waals surface area contributed by atoms with E-state index in [4.69, 9.17) is 4.74 Å². The number of benzene rings is 1. The first kappa shape index (κ1) is 17.0. The molecule has 0 saturated carbocycles. The Balaban J connectivity index is 1.54. The van der Waals surface area contributed by atoms with Crippen LogP contribution in [0.4, 0.5) is 5.69 Å². The van der Waals surface area contributed by atoms with Crippen LogP contribution in [0.5, 0.6) is 5.75 Å². The highest BCUT2D eigenvalue weighted by molar-refractivity contribution is 7.12. The topological polar surface area (TPSA) is 72.7 Å². The molecule has 1 N–H and O–H groups in total. The Morgan fingerprint density at radius 1 is 1.11 bits per heavy atom. The molecule has 4 aromatic rings. The first-order chi connectivity index (χ1) is 13.2. The number of hydrogen-bond acceptors (Lipinski definition) is 5. The Kier molecular flexibility index (Phi) is 4.67. The third-order valence-corrected chi connectivity index (χ3v) is 4.75. The number of carbonyl (C=O) groups is 1. The highest BCUT2D eigenvalue weighted by Crippen LogP contribution is 2.25. The maximum Gasteiger partial charge on any atom is 0.265 e. The second-order valence-corrected chi connectivity index (χ2v) is 6.68. The SMILES string of the molecule is O=C(Nc1ccccc1OCc1cc(=O)n2ccccc2n1)c1cccs1. The molecule has 6 nitrogen and oxygen atoms in total. The van der Waals surface area contributed by atoms with Crippen molar-refractivity contribution in [1.29, 1.82) is 0 Å². The van der Waals surface area contributed by atoms with Crippen molar-refractivity contribution in [2.24, 2.45) is 0 Å². The smallest absolute Gasteiger partial charge is 0.265 e. The van der Waals surface area contributed by atoms with Gasteiger partial charge in [-0.1, -0.05) is 24.3 Å². The summed E-state index contributed by atoms with van der Waals surface area (Å²) >= 11 is 1.37. The van der Waals surface area contributed by atoms with Crippen molar-refractivity contribution in [2.75, 3.05) is 5.32 Å². The average molecular weight is 377 g/mol. The maximum absolute atomic E-state index is 12.3. The predicted octanol–water partition coefficient (Wildman–Crippen LogP) is 3.59. The molecule has 1 aromatic carbocycles. The van der Waals surface area contributed by atoms with Gasteiger partial charge >= 0.3 is 0 Å². The molecular formula is C20H15N3O3S. The van der Waals surface area contributed by atoms with Crippen LogP contribution in [-0.4, -0.2) is 15.3 Å². The summed E-state index contributed by atoms with van der Waals surface area (Å²) in [5, 5.41) is 4.70. The first-order valence-corrected chi connectivity index (χ1v) is 9.13. The number of carbonyl (C=O) groups excluding carboxylic acids is 1. The zero-order valence-electron chi connectivity index (χ0n) is 14.2. The number of rotatable bonds is 5. The summed E-state index contributed by atoms with van der Waals surface area (Å²) in [6.07, 6.45) is 1.67. The van der Waals surface area contributed by atoms with Crippen molar-refractivity contribution in [1.82, 2.24) is 9.38 Å². The van der Waals surface area contributed by atoms with Crippen molar-refractivity contribution >= 4 is 28.6 Å². The molecule has 3 heterocycles. The summed E-state index contributed by atoms with van der Waals surface area (Å²) in [6, 6.07) is 17.6. The number of aromatic nitrogens is 2. The molecule has 1 amide bonds. The summed E-state index contributed by atoms with van der Waals surface area (Å²) in [5.74, 6) is 0.320. The van der Waals surface area contributed by atoms with Gasteiger partial charge in [0.2, 0.25) is 0 Å². The molecule has 0 fully saturated rings. The maximum atomic E-state index is 12.3. The highest BCUT2D eigenvalue weighted by Gasteiger charge is 2.11. The second-order valence-electron chi connectivity index (χ2n) is 5.73. The number of anilines is 1. The van der Waals surface area contributed by atoms with Crippen LogP contribution in [0.3, 0.4) is 0 Å². The lowest BCUT2D eigenvalue weighted by Gasteiger charge is -2.12. The van der Waals surface area contributed by atoms with Gasteiger partial charge < -0.3 is 10.1 Å². The van der Waals surface area contributed by atoms with Gasteiger partial charge in [0.25, 0.3) is 11.5 Å². The van der Waals surface area contributed by atoms with E-state index >= 15 is 0 Å². The van der Waals surface area contributed by atoms with E-state index in [2.05, 4.69) is 10.3 Å². The number of para-hydroxylation sites is 2. The molecule has 0 aliphatic rings. The van der Waals surface area contributed by atoms with Crippen LogP contribution in [0.25, 0.3) is 5.65 Å². The molecule has 0 unspecified atom stereocenters. The van der Waals surface area contributed by atoms with E-state index in [-0.39, 0.29) is 18.1 Å². The van der Waals surface area contributed by atoms with Crippen molar-refractivity contribution < 1.29 is 9.53 Å². The number of nitrogens with one attached hydrogen (secondary N) is 1. The first-order valence-electron chi connectivity index (χ1n) is 8.25. The van der Waals surface area contributed by atoms with Crippen LogP contribution in [0.2, 0.25) is 0 Å². The van der Waals surface area contributed by atoms with Gasteiger partial charge in [-0.15, -0.1) is 11.3 Å². The fourth-order valence-corrected chi connectivity index (χ4v) is 3.24. The molecule has 0 radical (unpaired) electrons. The molecule has 0 atom stereocenters. The number of nitrogens with zero attached hydrogens (tertiary/aromatic N) is 2. The van der Waals surface area contributed by atoms with E-state index in [9.17, 15) is 9.59 Å². The fraction of sp³-hybridized carbons (Fsp3) is 0.0500. The van der Waals surface area contributed by atoms with Crippen molar-refractivity contribution in [3.8, 4) is 5.75 Å². The molecule has 0 saturated heterocycles. The zero-order valence-corrected chi connectivity index (χ0v) is 15.0. The monoisotopic (exact) mass is 377 g/mol. The molecule has 27 heavy (non-hydrogen) atoms. The number of pyridine rings is 1. The van der Waals surface area contributed by atoms with Crippen LogP contribution in [0, 0.1) is 0 Å². The van der Waals surface area contributed by atoms with Crippen LogP contribution in [0.15, 0.2) is 77.0 Å². The Morgan fingerprint density at radius 3 is 2.81 bits per heavy atom. The molecule has 0 aliphatic carbocycles. The number of ether oxygens (including phenoxy) is 1. The van der Waals surface area contributed by atoms with E-state index in [1.165, 1.54) is 21.8 Å². The lowest BCUT2D eigenvalue weighted by atomic mass is 10.3. The van der Waals surface area contributed by atoms with Gasteiger partial charge in [0.15, 0.2) is 0 Å². The van der Waals surface area contributed by atoms with Gasteiger partial charge in [-0.2, -0.15) is 0 Å². The third kappa shape index (κ3) is 3.73. The van der Waals surface area contributed by atoms with Gasteiger partial charge in [-0.3, -0.25) is 14.0 Å².